The highest BCUT2D eigenvalue weighted by molar-refractivity contribution is 7.87. The Bertz CT molecular complexity index is 626. The second-order valence-electron chi connectivity index (χ2n) is 5.35. The fourth-order valence-corrected chi connectivity index (χ4v) is 2.60. The molecule has 0 saturated carbocycles. The normalized spacial score (nSPS) is 11.7. The molecular weight excluding hydrogens is 316 g/mol. The third-order valence-electron chi connectivity index (χ3n) is 3.11. The van der Waals surface area contributed by atoms with E-state index >= 15 is 0 Å². The molecule has 0 radical (unpaired) electrons. The summed E-state index contributed by atoms with van der Waals surface area (Å²) >= 11 is 0. The van der Waals surface area contributed by atoms with E-state index in [2.05, 4.69) is 4.72 Å². The van der Waals surface area contributed by atoms with Gasteiger partial charge in [0, 0.05) is 33.1 Å². The summed E-state index contributed by atoms with van der Waals surface area (Å²) in [5, 5.41) is 8.52. The van der Waals surface area contributed by atoms with Gasteiger partial charge >= 0.3 is 0 Å². The van der Waals surface area contributed by atoms with Crippen LogP contribution in [0.5, 0.6) is 5.75 Å². The predicted octanol–water partition coefficient (Wildman–Crippen LogP) is 0.807. The molecule has 8 heteroatoms. The second kappa shape index (κ2) is 9.47. The molecule has 0 aliphatic heterocycles. The first kappa shape index (κ1) is 19.4. The number of benzene rings is 1. The quantitative estimate of drug-likeness (QED) is 0.681. The van der Waals surface area contributed by atoms with Crippen molar-refractivity contribution in [2.75, 3.05) is 40.8 Å². The van der Waals surface area contributed by atoms with Gasteiger partial charge in [-0.25, -0.2) is 0 Å². The van der Waals surface area contributed by atoms with Gasteiger partial charge in [-0.3, -0.25) is 0 Å². The van der Waals surface area contributed by atoms with Gasteiger partial charge in [-0.15, -0.1) is 0 Å². The molecule has 1 rings (SSSR count). The third kappa shape index (κ3) is 7.43. The van der Waals surface area contributed by atoms with Gasteiger partial charge < -0.3 is 9.64 Å². The highest BCUT2D eigenvalue weighted by atomic mass is 32.2. The molecule has 0 unspecified atom stereocenters. The van der Waals surface area contributed by atoms with Gasteiger partial charge in [-0.1, -0.05) is 12.1 Å². The van der Waals surface area contributed by atoms with Crippen LogP contribution < -0.4 is 9.46 Å². The molecule has 0 amide bonds. The van der Waals surface area contributed by atoms with Crippen molar-refractivity contribution in [1.82, 2.24) is 13.9 Å². The Kier molecular flexibility index (Phi) is 7.98. The molecule has 0 aliphatic carbocycles. The Morgan fingerprint density at radius 1 is 1.26 bits per heavy atom. The van der Waals surface area contributed by atoms with Crippen LogP contribution in [0.15, 0.2) is 24.3 Å². The van der Waals surface area contributed by atoms with Crippen molar-refractivity contribution in [1.29, 1.82) is 5.26 Å². The first-order valence-corrected chi connectivity index (χ1v) is 8.73. The van der Waals surface area contributed by atoms with Gasteiger partial charge in [-0.05, 0) is 31.8 Å². The Morgan fingerprint density at radius 2 is 2.00 bits per heavy atom. The highest BCUT2D eigenvalue weighted by Gasteiger charge is 2.16. The standard InChI is InChI=1S/C15H24N4O3S/c1-18(2)10-11-22-15-7-4-6-14(12-15)13-17-23(20,21)19(3)9-5-8-16/h4,6-7,12,17H,5,9-11,13H2,1-3H3. The maximum atomic E-state index is 12.0. The van der Waals surface area contributed by atoms with Crippen LogP contribution in [0.25, 0.3) is 0 Å². The van der Waals surface area contributed by atoms with Crippen molar-refractivity contribution in [3.05, 3.63) is 29.8 Å². The van der Waals surface area contributed by atoms with Crippen molar-refractivity contribution in [3.63, 3.8) is 0 Å². The summed E-state index contributed by atoms with van der Waals surface area (Å²) in [6, 6.07) is 9.24. The van der Waals surface area contributed by atoms with Gasteiger partial charge in [0.2, 0.25) is 0 Å². The van der Waals surface area contributed by atoms with Crippen molar-refractivity contribution in [2.45, 2.75) is 13.0 Å². The minimum atomic E-state index is -3.59. The molecule has 0 aromatic heterocycles. The molecule has 0 saturated heterocycles. The zero-order valence-corrected chi connectivity index (χ0v) is 14.6. The van der Waals surface area contributed by atoms with Gasteiger partial charge in [0.25, 0.3) is 10.2 Å². The molecular formula is C15H24N4O3S. The lowest BCUT2D eigenvalue weighted by Crippen LogP contribution is -2.38. The van der Waals surface area contributed by atoms with E-state index in [1.807, 2.05) is 49.3 Å². The van der Waals surface area contributed by atoms with E-state index in [1.54, 1.807) is 0 Å². The van der Waals surface area contributed by atoms with Crippen molar-refractivity contribution in [3.8, 4) is 11.8 Å². The van der Waals surface area contributed by atoms with Crippen LogP contribution in [0.2, 0.25) is 0 Å². The number of nitrogens with zero attached hydrogens (tertiary/aromatic N) is 3. The van der Waals surface area contributed by atoms with Gasteiger partial charge in [-0.2, -0.15) is 22.7 Å². The summed E-state index contributed by atoms with van der Waals surface area (Å²) < 4.78 is 33.3. The average Bonchev–Trinajstić information content (AvgIpc) is 2.50. The zero-order valence-electron chi connectivity index (χ0n) is 13.8. The Balaban J connectivity index is 2.56. The van der Waals surface area contributed by atoms with E-state index in [4.69, 9.17) is 10.00 Å². The summed E-state index contributed by atoms with van der Waals surface area (Å²) in [6.07, 6.45) is 0.159. The van der Waals surface area contributed by atoms with Crippen LogP contribution in [0, 0.1) is 11.3 Å². The second-order valence-corrected chi connectivity index (χ2v) is 7.22. The number of nitrogens with one attached hydrogen (secondary N) is 1. The lowest BCUT2D eigenvalue weighted by Gasteiger charge is -2.16. The van der Waals surface area contributed by atoms with E-state index < -0.39 is 10.2 Å². The predicted molar refractivity (Wildman–Crippen MR) is 89.1 cm³/mol. The summed E-state index contributed by atoms with van der Waals surface area (Å²) in [5.74, 6) is 0.710. The molecule has 1 aromatic rings. The van der Waals surface area contributed by atoms with Crippen LogP contribution >= 0.6 is 0 Å². The van der Waals surface area contributed by atoms with Crippen molar-refractivity contribution >= 4 is 10.2 Å². The molecule has 128 valence electrons. The van der Waals surface area contributed by atoms with Gasteiger partial charge in [0.1, 0.15) is 12.4 Å². The molecule has 0 fully saturated rings. The Labute approximate surface area is 138 Å². The Hall–Kier alpha value is -1.66. The number of ether oxygens (including phenoxy) is 1. The summed E-state index contributed by atoms with van der Waals surface area (Å²) in [6.45, 7) is 1.71. The van der Waals surface area contributed by atoms with Crippen LogP contribution in [0.1, 0.15) is 12.0 Å². The van der Waals surface area contributed by atoms with Crippen LogP contribution in [0.3, 0.4) is 0 Å². The molecule has 23 heavy (non-hydrogen) atoms. The van der Waals surface area contributed by atoms with E-state index in [1.165, 1.54) is 7.05 Å². The van der Waals surface area contributed by atoms with Crippen molar-refractivity contribution < 1.29 is 13.2 Å². The number of rotatable bonds is 10. The van der Waals surface area contributed by atoms with E-state index in [0.29, 0.717) is 12.4 Å². The Morgan fingerprint density at radius 3 is 2.65 bits per heavy atom. The monoisotopic (exact) mass is 340 g/mol. The van der Waals surface area contributed by atoms with Crippen LogP contribution in [0.4, 0.5) is 0 Å². The molecule has 0 heterocycles. The van der Waals surface area contributed by atoms with Crippen LogP contribution in [-0.4, -0.2) is 58.5 Å². The maximum absolute atomic E-state index is 12.0. The number of likely N-dealkylation sites (N-methyl/N-ethyl adjacent to an activating group) is 1. The third-order valence-corrected chi connectivity index (χ3v) is 4.63. The SMILES string of the molecule is CN(C)CCOc1cccc(CNS(=O)(=O)N(C)CCC#N)c1. The maximum Gasteiger partial charge on any atom is 0.279 e. The molecule has 1 aromatic carbocycles. The summed E-state index contributed by atoms with van der Waals surface area (Å²) in [4.78, 5) is 2.02. The fourth-order valence-electron chi connectivity index (χ4n) is 1.70. The molecule has 1 N–H and O–H groups in total. The van der Waals surface area contributed by atoms with Crippen LogP contribution in [-0.2, 0) is 16.8 Å². The first-order valence-electron chi connectivity index (χ1n) is 7.29. The molecule has 0 aliphatic rings. The lowest BCUT2D eigenvalue weighted by atomic mass is 10.2. The average molecular weight is 340 g/mol. The minimum absolute atomic E-state index is 0.159. The number of nitriles is 1. The van der Waals surface area contributed by atoms with E-state index in [9.17, 15) is 8.42 Å². The minimum Gasteiger partial charge on any atom is -0.492 e. The fraction of sp³-hybridized carbons (Fsp3) is 0.533. The number of hydrogen-bond donors (Lipinski definition) is 1. The first-order chi connectivity index (χ1) is 10.8. The highest BCUT2D eigenvalue weighted by Crippen LogP contribution is 2.13. The number of hydrogen-bond acceptors (Lipinski definition) is 5. The topological polar surface area (TPSA) is 85.7 Å². The molecule has 0 atom stereocenters. The van der Waals surface area contributed by atoms with Crippen molar-refractivity contribution in [2.24, 2.45) is 0 Å². The largest absolute Gasteiger partial charge is 0.492 e. The zero-order chi connectivity index (χ0) is 17.3. The van der Waals surface area contributed by atoms with Gasteiger partial charge in [0.15, 0.2) is 0 Å². The van der Waals surface area contributed by atoms with E-state index in [-0.39, 0.29) is 19.5 Å². The molecule has 0 bridgehead atoms. The summed E-state index contributed by atoms with van der Waals surface area (Å²) in [5.41, 5.74) is 0.810. The molecule has 7 nitrogen and oxygen atoms in total. The molecule has 0 spiro atoms. The smallest absolute Gasteiger partial charge is 0.279 e. The van der Waals surface area contributed by atoms with Gasteiger partial charge in [0.05, 0.1) is 6.07 Å². The summed E-state index contributed by atoms with van der Waals surface area (Å²) in [7, 11) is 1.80. The van der Waals surface area contributed by atoms with E-state index in [0.717, 1.165) is 16.4 Å². The lowest BCUT2D eigenvalue weighted by molar-refractivity contribution is 0.261.